The quantitative estimate of drug-likeness (QED) is 0.682. The fourth-order valence-electron chi connectivity index (χ4n) is 2.74. The lowest BCUT2D eigenvalue weighted by atomic mass is 10.1. The lowest BCUT2D eigenvalue weighted by Gasteiger charge is -2.12. The van der Waals surface area contributed by atoms with Crippen LogP contribution in [0, 0.1) is 13.8 Å². The smallest absolute Gasteiger partial charge is 0.418 e. The van der Waals surface area contributed by atoms with Gasteiger partial charge in [-0.3, -0.25) is 4.79 Å². The van der Waals surface area contributed by atoms with Crippen LogP contribution in [0.5, 0.6) is 5.75 Å². The van der Waals surface area contributed by atoms with Crippen LogP contribution in [0.4, 0.5) is 18.9 Å². The third kappa shape index (κ3) is 4.70. The molecule has 5 nitrogen and oxygen atoms in total. The number of anilines is 1. The minimum atomic E-state index is -4.57. The maximum absolute atomic E-state index is 13.0. The summed E-state index contributed by atoms with van der Waals surface area (Å²) in [5.41, 5.74) is 0.862. The predicted octanol–water partition coefficient (Wildman–Crippen LogP) is 4.81. The van der Waals surface area contributed by atoms with E-state index in [0.29, 0.717) is 5.75 Å². The van der Waals surface area contributed by atoms with Gasteiger partial charge >= 0.3 is 6.18 Å². The summed E-state index contributed by atoms with van der Waals surface area (Å²) in [4.78, 5) is 12.3. The normalized spacial score (nSPS) is 11.3. The first-order valence-corrected chi connectivity index (χ1v) is 8.44. The molecule has 0 aliphatic heterocycles. The predicted molar refractivity (Wildman–Crippen MR) is 98.2 cm³/mol. The fourth-order valence-corrected chi connectivity index (χ4v) is 2.74. The van der Waals surface area contributed by atoms with Gasteiger partial charge in [0.25, 0.3) is 5.91 Å². The molecule has 0 unspecified atom stereocenters. The molecule has 2 aromatic carbocycles. The van der Waals surface area contributed by atoms with E-state index < -0.39 is 17.6 Å². The second-order valence-electron chi connectivity index (χ2n) is 6.33. The molecular weight excluding hydrogens is 371 g/mol. The van der Waals surface area contributed by atoms with Gasteiger partial charge in [-0.25, -0.2) is 4.68 Å². The van der Waals surface area contributed by atoms with Crippen LogP contribution < -0.4 is 10.1 Å². The van der Waals surface area contributed by atoms with Gasteiger partial charge in [0.15, 0.2) is 12.4 Å². The fraction of sp³-hybridized carbons (Fsp3) is 0.200. The molecule has 8 heteroatoms. The number of alkyl halides is 3. The number of carbonyl (C=O) groups is 1. The van der Waals surface area contributed by atoms with E-state index in [9.17, 15) is 18.0 Å². The Morgan fingerprint density at radius 1 is 1.11 bits per heavy atom. The van der Waals surface area contributed by atoms with Crippen molar-refractivity contribution in [3.8, 4) is 5.75 Å². The van der Waals surface area contributed by atoms with Crippen molar-refractivity contribution in [1.29, 1.82) is 0 Å². The molecule has 1 aromatic heterocycles. The molecule has 1 N–H and O–H groups in total. The Hall–Kier alpha value is -3.29. The van der Waals surface area contributed by atoms with E-state index in [-0.39, 0.29) is 18.1 Å². The molecule has 0 aliphatic carbocycles. The highest BCUT2D eigenvalue weighted by Crippen LogP contribution is 2.34. The molecule has 0 fully saturated rings. The highest BCUT2D eigenvalue weighted by atomic mass is 19.4. The summed E-state index contributed by atoms with van der Waals surface area (Å²) in [6, 6.07) is 12.0. The summed E-state index contributed by atoms with van der Waals surface area (Å²) < 4.78 is 46.1. The summed E-state index contributed by atoms with van der Waals surface area (Å²) in [6.45, 7) is 3.97. The van der Waals surface area contributed by atoms with E-state index in [1.165, 1.54) is 35.1 Å². The number of halogens is 3. The van der Waals surface area contributed by atoms with Gasteiger partial charge in [-0.15, -0.1) is 0 Å². The Bertz CT molecular complexity index is 976. The van der Waals surface area contributed by atoms with Crippen LogP contribution in [0.3, 0.4) is 0 Å². The second-order valence-corrected chi connectivity index (χ2v) is 6.33. The number of aryl methyl sites for hydroxylation is 2. The number of nitrogens with one attached hydrogen (secondary N) is 1. The zero-order valence-corrected chi connectivity index (χ0v) is 15.2. The van der Waals surface area contributed by atoms with Crippen LogP contribution >= 0.6 is 0 Å². The summed E-state index contributed by atoms with van der Waals surface area (Å²) >= 11 is 0. The number of amides is 1. The van der Waals surface area contributed by atoms with E-state index in [1.54, 1.807) is 0 Å². The van der Waals surface area contributed by atoms with Crippen molar-refractivity contribution in [2.45, 2.75) is 26.8 Å². The minimum Gasteiger partial charge on any atom is -0.471 e. The zero-order chi connectivity index (χ0) is 20.3. The summed E-state index contributed by atoms with van der Waals surface area (Å²) in [7, 11) is 0. The Labute approximate surface area is 159 Å². The number of hydrogen-bond acceptors (Lipinski definition) is 3. The number of ether oxygens (including phenoxy) is 1. The van der Waals surface area contributed by atoms with Crippen LogP contribution in [0.25, 0.3) is 0 Å². The molecule has 0 aliphatic rings. The van der Waals surface area contributed by atoms with Gasteiger partial charge in [-0.05, 0) is 55.3 Å². The second kappa shape index (κ2) is 7.75. The third-order valence-corrected chi connectivity index (χ3v) is 3.91. The van der Waals surface area contributed by atoms with E-state index in [4.69, 9.17) is 4.74 Å². The average Bonchev–Trinajstić information content (AvgIpc) is 3.08. The highest BCUT2D eigenvalue weighted by Gasteiger charge is 2.33. The number of carbonyl (C=O) groups excluding carboxylic acids is 1. The van der Waals surface area contributed by atoms with E-state index in [0.717, 1.165) is 17.2 Å². The van der Waals surface area contributed by atoms with Gasteiger partial charge in [0.2, 0.25) is 0 Å². The number of benzene rings is 2. The molecule has 0 spiro atoms. The van der Waals surface area contributed by atoms with Crippen LogP contribution in [0.15, 0.2) is 54.7 Å². The lowest BCUT2D eigenvalue weighted by Crippen LogP contribution is -2.17. The monoisotopic (exact) mass is 389 g/mol. The number of rotatable bonds is 5. The Kier molecular flexibility index (Phi) is 5.39. The van der Waals surface area contributed by atoms with Gasteiger partial charge in [-0.1, -0.05) is 18.2 Å². The van der Waals surface area contributed by atoms with Gasteiger partial charge in [-0.2, -0.15) is 18.3 Å². The summed E-state index contributed by atoms with van der Waals surface area (Å²) in [6.07, 6.45) is -3.05. The van der Waals surface area contributed by atoms with E-state index in [2.05, 4.69) is 10.4 Å². The van der Waals surface area contributed by atoms with Gasteiger partial charge < -0.3 is 10.1 Å². The van der Waals surface area contributed by atoms with Crippen molar-refractivity contribution in [1.82, 2.24) is 9.78 Å². The molecule has 146 valence electrons. The maximum Gasteiger partial charge on any atom is 0.418 e. The van der Waals surface area contributed by atoms with Gasteiger partial charge in [0.1, 0.15) is 5.75 Å². The van der Waals surface area contributed by atoms with Crippen molar-refractivity contribution in [2.75, 3.05) is 5.32 Å². The lowest BCUT2D eigenvalue weighted by molar-refractivity contribution is -0.136. The molecule has 28 heavy (non-hydrogen) atoms. The maximum atomic E-state index is 13.0. The Morgan fingerprint density at radius 3 is 2.46 bits per heavy atom. The minimum absolute atomic E-state index is 0.0130. The van der Waals surface area contributed by atoms with Crippen molar-refractivity contribution in [2.24, 2.45) is 0 Å². The molecule has 0 atom stereocenters. The van der Waals surface area contributed by atoms with Crippen LogP contribution in [-0.2, 0) is 12.9 Å². The molecule has 0 saturated heterocycles. The first-order chi connectivity index (χ1) is 13.2. The molecule has 3 aromatic rings. The largest absolute Gasteiger partial charge is 0.471 e. The molecule has 1 heterocycles. The van der Waals surface area contributed by atoms with Crippen molar-refractivity contribution in [3.63, 3.8) is 0 Å². The first-order valence-electron chi connectivity index (χ1n) is 8.44. The topological polar surface area (TPSA) is 56.1 Å². The molecule has 3 rings (SSSR count). The first kappa shape index (κ1) is 19.5. The summed E-state index contributed by atoms with van der Waals surface area (Å²) in [5, 5.41) is 6.32. The van der Waals surface area contributed by atoms with Gasteiger partial charge in [0.05, 0.1) is 11.3 Å². The van der Waals surface area contributed by atoms with Crippen molar-refractivity contribution in [3.05, 3.63) is 77.1 Å². The van der Waals surface area contributed by atoms with E-state index >= 15 is 0 Å². The highest BCUT2D eigenvalue weighted by molar-refractivity contribution is 6.03. The number of hydrogen-bond donors (Lipinski definition) is 1. The SMILES string of the molecule is Cc1cc(C)cc(OCn2ccc(C(=O)Nc3ccccc3C(F)(F)F)n2)c1. The Balaban J connectivity index is 1.68. The zero-order valence-electron chi connectivity index (χ0n) is 15.2. The van der Waals surface area contributed by atoms with Gasteiger partial charge in [0, 0.05) is 6.20 Å². The van der Waals surface area contributed by atoms with Crippen LogP contribution in [-0.4, -0.2) is 15.7 Å². The number of nitrogens with zero attached hydrogens (tertiary/aromatic N) is 2. The van der Waals surface area contributed by atoms with Crippen molar-refractivity contribution < 1.29 is 22.7 Å². The summed E-state index contributed by atoms with van der Waals surface area (Å²) in [5.74, 6) is -0.0695. The molecular formula is C20H18F3N3O2. The number of para-hydroxylation sites is 1. The Morgan fingerprint density at radius 2 is 1.79 bits per heavy atom. The average molecular weight is 389 g/mol. The molecule has 0 bridgehead atoms. The molecule has 1 amide bonds. The molecule has 0 radical (unpaired) electrons. The molecule has 0 saturated carbocycles. The van der Waals surface area contributed by atoms with E-state index in [1.807, 2.05) is 32.0 Å². The number of aromatic nitrogens is 2. The van der Waals surface area contributed by atoms with Crippen LogP contribution in [0.2, 0.25) is 0 Å². The van der Waals surface area contributed by atoms with Crippen LogP contribution in [0.1, 0.15) is 27.2 Å². The standard InChI is InChI=1S/C20H18F3N3O2/c1-13-9-14(2)11-15(10-13)28-12-26-8-7-18(25-26)19(27)24-17-6-4-3-5-16(17)20(21,22)23/h3-11H,12H2,1-2H3,(H,24,27). The third-order valence-electron chi connectivity index (χ3n) is 3.91. The van der Waals surface area contributed by atoms with Crippen molar-refractivity contribution >= 4 is 11.6 Å².